The lowest BCUT2D eigenvalue weighted by atomic mass is 10.1. The van der Waals surface area contributed by atoms with Crippen molar-refractivity contribution >= 4 is 19.2 Å². The number of amides is 1. The highest BCUT2D eigenvalue weighted by atomic mass is 31.2. The predicted molar refractivity (Wildman–Crippen MR) is 65.5 cm³/mol. The van der Waals surface area contributed by atoms with Crippen molar-refractivity contribution in [2.24, 2.45) is 11.7 Å². The van der Waals surface area contributed by atoms with E-state index in [1.54, 1.807) is 0 Å². The Balaban J connectivity index is 2.71. The van der Waals surface area contributed by atoms with Crippen LogP contribution in [0.4, 0.5) is 0 Å². The maximum Gasteiger partial charge on any atom is 0.326 e. The van der Waals surface area contributed by atoms with Gasteiger partial charge in [0, 0.05) is 25.8 Å². The summed E-state index contributed by atoms with van der Waals surface area (Å²) < 4.78 is 11.2. The SMILES string of the molecule is CP(=O)(O)CCC(C(=O)O)N1CC(CN)CC1=O. The van der Waals surface area contributed by atoms with Gasteiger partial charge in [-0.15, -0.1) is 0 Å². The lowest BCUT2D eigenvalue weighted by Gasteiger charge is -2.25. The zero-order valence-corrected chi connectivity index (χ0v) is 11.2. The smallest absolute Gasteiger partial charge is 0.326 e. The zero-order valence-electron chi connectivity index (χ0n) is 10.3. The minimum atomic E-state index is -3.27. The maximum absolute atomic E-state index is 11.7. The Hall–Kier alpha value is -0.910. The van der Waals surface area contributed by atoms with E-state index in [0.717, 1.165) is 0 Å². The molecule has 1 fully saturated rings. The van der Waals surface area contributed by atoms with E-state index < -0.39 is 19.4 Å². The number of aliphatic carboxylic acids is 1. The number of rotatable bonds is 6. The summed E-state index contributed by atoms with van der Waals surface area (Å²) in [6, 6.07) is -1.03. The Morgan fingerprint density at radius 1 is 1.67 bits per heavy atom. The molecule has 0 radical (unpaired) electrons. The molecule has 0 aliphatic carbocycles. The van der Waals surface area contributed by atoms with E-state index >= 15 is 0 Å². The van der Waals surface area contributed by atoms with Crippen molar-refractivity contribution in [3.63, 3.8) is 0 Å². The maximum atomic E-state index is 11.7. The molecule has 104 valence electrons. The van der Waals surface area contributed by atoms with Crippen molar-refractivity contribution < 1.29 is 24.2 Å². The van der Waals surface area contributed by atoms with Crippen molar-refractivity contribution in [3.8, 4) is 0 Å². The third-order valence-electron chi connectivity index (χ3n) is 3.05. The first-order valence-corrected chi connectivity index (χ1v) is 8.05. The van der Waals surface area contributed by atoms with Crippen LogP contribution < -0.4 is 5.73 Å². The highest BCUT2D eigenvalue weighted by Crippen LogP contribution is 2.37. The average molecular weight is 278 g/mol. The largest absolute Gasteiger partial charge is 0.480 e. The normalized spacial score (nSPS) is 24.9. The third kappa shape index (κ3) is 4.08. The van der Waals surface area contributed by atoms with Crippen LogP contribution in [-0.4, -0.2) is 58.7 Å². The number of nitrogens with two attached hydrogens (primary N) is 1. The molecule has 1 saturated heterocycles. The van der Waals surface area contributed by atoms with Crippen LogP contribution in [0.3, 0.4) is 0 Å². The van der Waals surface area contributed by atoms with Gasteiger partial charge in [-0.05, 0) is 18.9 Å². The van der Waals surface area contributed by atoms with Gasteiger partial charge >= 0.3 is 5.97 Å². The zero-order chi connectivity index (χ0) is 13.9. The summed E-state index contributed by atoms with van der Waals surface area (Å²) in [6.07, 6.45) is 0.132. The van der Waals surface area contributed by atoms with Gasteiger partial charge in [0.25, 0.3) is 0 Å². The molecular weight excluding hydrogens is 259 g/mol. The number of carbonyl (C=O) groups is 2. The van der Waals surface area contributed by atoms with Crippen LogP contribution in [-0.2, 0) is 14.2 Å². The van der Waals surface area contributed by atoms with E-state index in [9.17, 15) is 19.0 Å². The number of hydrogen-bond acceptors (Lipinski definition) is 4. The van der Waals surface area contributed by atoms with Crippen molar-refractivity contribution in [2.75, 3.05) is 25.9 Å². The Kier molecular flexibility index (Phi) is 4.90. The van der Waals surface area contributed by atoms with Crippen LogP contribution in [0.2, 0.25) is 0 Å². The van der Waals surface area contributed by atoms with E-state index in [2.05, 4.69) is 0 Å². The van der Waals surface area contributed by atoms with Gasteiger partial charge in [0.2, 0.25) is 5.91 Å². The molecular formula is C10H19N2O5P. The summed E-state index contributed by atoms with van der Waals surface area (Å²) >= 11 is 0. The molecule has 18 heavy (non-hydrogen) atoms. The highest BCUT2D eigenvalue weighted by molar-refractivity contribution is 7.57. The monoisotopic (exact) mass is 278 g/mol. The van der Waals surface area contributed by atoms with Gasteiger partial charge in [0.05, 0.1) is 0 Å². The fourth-order valence-corrected chi connectivity index (χ4v) is 2.77. The van der Waals surface area contributed by atoms with E-state index in [1.807, 2.05) is 0 Å². The molecule has 0 aromatic rings. The quantitative estimate of drug-likeness (QED) is 0.565. The minimum Gasteiger partial charge on any atom is -0.480 e. The molecule has 7 nitrogen and oxygen atoms in total. The minimum absolute atomic E-state index is 0.0113. The molecule has 0 spiro atoms. The molecule has 4 N–H and O–H groups in total. The number of nitrogens with zero attached hydrogens (tertiary/aromatic N) is 1. The average Bonchev–Trinajstić information content (AvgIpc) is 2.58. The van der Waals surface area contributed by atoms with E-state index in [4.69, 9.17) is 10.8 Å². The fraction of sp³-hybridized carbons (Fsp3) is 0.800. The van der Waals surface area contributed by atoms with Gasteiger partial charge in [-0.1, -0.05) is 0 Å². The van der Waals surface area contributed by atoms with Gasteiger partial charge < -0.3 is 20.6 Å². The Bertz CT molecular complexity index is 380. The number of hydrogen-bond donors (Lipinski definition) is 3. The lowest BCUT2D eigenvalue weighted by molar-refractivity contribution is -0.148. The van der Waals surface area contributed by atoms with Crippen LogP contribution in [0, 0.1) is 5.92 Å². The van der Waals surface area contributed by atoms with Gasteiger partial charge in [0.1, 0.15) is 6.04 Å². The summed E-state index contributed by atoms with van der Waals surface area (Å²) in [6.45, 7) is 1.83. The van der Waals surface area contributed by atoms with Gasteiger partial charge in [-0.2, -0.15) is 0 Å². The second-order valence-corrected chi connectivity index (χ2v) is 7.32. The topological polar surface area (TPSA) is 121 Å². The summed E-state index contributed by atoms with van der Waals surface area (Å²) in [4.78, 5) is 33.3. The molecule has 3 unspecified atom stereocenters. The summed E-state index contributed by atoms with van der Waals surface area (Å²) in [5.41, 5.74) is 5.47. The number of carboxylic acid groups (broad SMARTS) is 1. The molecule has 3 atom stereocenters. The highest BCUT2D eigenvalue weighted by Gasteiger charge is 2.37. The Morgan fingerprint density at radius 3 is 2.67 bits per heavy atom. The molecule has 1 aliphatic heterocycles. The van der Waals surface area contributed by atoms with Crippen molar-refractivity contribution in [1.29, 1.82) is 0 Å². The summed E-state index contributed by atoms with van der Waals surface area (Å²) in [7, 11) is -3.27. The van der Waals surface area contributed by atoms with Crippen molar-refractivity contribution in [2.45, 2.75) is 18.9 Å². The van der Waals surface area contributed by atoms with Crippen molar-refractivity contribution in [3.05, 3.63) is 0 Å². The molecule has 0 saturated carbocycles. The molecule has 0 aromatic heterocycles. The van der Waals surface area contributed by atoms with Crippen LogP contribution in [0.25, 0.3) is 0 Å². The molecule has 8 heteroatoms. The van der Waals surface area contributed by atoms with Crippen molar-refractivity contribution in [1.82, 2.24) is 4.90 Å². The Labute approximate surface area is 105 Å². The number of carboxylic acids is 1. The summed E-state index contributed by atoms with van der Waals surface area (Å²) in [5.74, 6) is -1.42. The second kappa shape index (κ2) is 5.82. The first-order valence-electron chi connectivity index (χ1n) is 5.76. The fourth-order valence-electron chi connectivity index (χ4n) is 2.04. The van der Waals surface area contributed by atoms with Crippen LogP contribution >= 0.6 is 7.37 Å². The van der Waals surface area contributed by atoms with E-state index in [1.165, 1.54) is 11.6 Å². The molecule has 1 amide bonds. The van der Waals surface area contributed by atoms with Gasteiger partial charge in [-0.3, -0.25) is 9.36 Å². The first-order chi connectivity index (χ1) is 8.24. The molecule has 0 aromatic carbocycles. The molecule has 1 aliphatic rings. The molecule has 1 heterocycles. The third-order valence-corrected chi connectivity index (χ3v) is 4.14. The standard InChI is InChI=1S/C10H19N2O5P/c1-18(16,17)3-2-8(10(14)15)12-6-7(5-11)4-9(12)13/h7-8H,2-6,11H2,1H3,(H,14,15)(H,16,17). The van der Waals surface area contributed by atoms with Crippen LogP contribution in [0.5, 0.6) is 0 Å². The first kappa shape index (κ1) is 15.1. The summed E-state index contributed by atoms with van der Waals surface area (Å²) in [5, 5.41) is 9.11. The van der Waals surface area contributed by atoms with E-state index in [-0.39, 0.29) is 30.8 Å². The number of carbonyl (C=O) groups excluding carboxylic acids is 1. The lowest BCUT2D eigenvalue weighted by Crippen LogP contribution is -2.43. The molecule has 0 bridgehead atoms. The van der Waals surface area contributed by atoms with E-state index in [0.29, 0.717) is 13.1 Å². The predicted octanol–water partition coefficient (Wildman–Crippen LogP) is -0.463. The number of likely N-dealkylation sites (tertiary alicyclic amines) is 1. The van der Waals surface area contributed by atoms with Gasteiger partial charge in [0.15, 0.2) is 7.37 Å². The molecule has 1 rings (SSSR count). The van der Waals surface area contributed by atoms with Gasteiger partial charge in [-0.25, -0.2) is 4.79 Å². The van der Waals surface area contributed by atoms with Crippen LogP contribution in [0.15, 0.2) is 0 Å². The second-order valence-electron chi connectivity index (χ2n) is 4.77. The Morgan fingerprint density at radius 2 is 2.28 bits per heavy atom. The van der Waals surface area contributed by atoms with Crippen LogP contribution in [0.1, 0.15) is 12.8 Å².